The highest BCUT2D eigenvalue weighted by Gasteiger charge is 2.17. The molecule has 4 rings (SSSR count). The fraction of sp³-hybridized carbons (Fsp3) is 0.333. The molecular weight excluding hydrogens is 294 g/mol. The SMILES string of the molecule is COc1cc2c(cc1NC1CCSCC1)oc1ccccc12. The largest absolute Gasteiger partial charge is 0.495 e. The van der Waals surface area contributed by atoms with E-state index in [2.05, 4.69) is 23.5 Å². The van der Waals surface area contributed by atoms with E-state index in [1.807, 2.05) is 30.0 Å². The number of furan rings is 1. The van der Waals surface area contributed by atoms with E-state index in [4.69, 9.17) is 9.15 Å². The van der Waals surface area contributed by atoms with Crippen molar-refractivity contribution in [3.05, 3.63) is 36.4 Å². The molecule has 0 spiro atoms. The van der Waals surface area contributed by atoms with Gasteiger partial charge in [-0.3, -0.25) is 0 Å². The van der Waals surface area contributed by atoms with Crippen molar-refractivity contribution >= 4 is 39.4 Å². The Morgan fingerprint density at radius 1 is 1.09 bits per heavy atom. The van der Waals surface area contributed by atoms with E-state index in [-0.39, 0.29) is 0 Å². The maximum Gasteiger partial charge on any atom is 0.142 e. The van der Waals surface area contributed by atoms with Crippen LogP contribution in [0, 0.1) is 0 Å². The van der Waals surface area contributed by atoms with Gasteiger partial charge in [-0.15, -0.1) is 0 Å². The molecule has 1 fully saturated rings. The molecule has 0 atom stereocenters. The van der Waals surface area contributed by atoms with Crippen molar-refractivity contribution in [2.45, 2.75) is 18.9 Å². The zero-order valence-corrected chi connectivity index (χ0v) is 13.4. The number of hydrogen-bond donors (Lipinski definition) is 1. The van der Waals surface area contributed by atoms with Gasteiger partial charge in [0.25, 0.3) is 0 Å². The van der Waals surface area contributed by atoms with Crippen molar-refractivity contribution in [3.8, 4) is 5.75 Å². The first-order valence-corrected chi connectivity index (χ1v) is 8.84. The first-order chi connectivity index (χ1) is 10.8. The lowest BCUT2D eigenvalue weighted by atomic mass is 10.1. The highest BCUT2D eigenvalue weighted by Crippen LogP contribution is 2.37. The number of thioether (sulfide) groups is 1. The average Bonchev–Trinajstić information content (AvgIpc) is 2.92. The lowest BCUT2D eigenvalue weighted by molar-refractivity contribution is 0.416. The zero-order valence-electron chi connectivity index (χ0n) is 12.6. The first-order valence-electron chi connectivity index (χ1n) is 7.69. The maximum absolute atomic E-state index is 5.98. The summed E-state index contributed by atoms with van der Waals surface area (Å²) in [6.45, 7) is 0. The minimum Gasteiger partial charge on any atom is -0.495 e. The third-order valence-electron chi connectivity index (χ3n) is 4.28. The molecule has 3 nitrogen and oxygen atoms in total. The van der Waals surface area contributed by atoms with Gasteiger partial charge in [0, 0.05) is 22.9 Å². The van der Waals surface area contributed by atoms with Crippen LogP contribution in [-0.4, -0.2) is 24.7 Å². The van der Waals surface area contributed by atoms with Gasteiger partial charge in [-0.1, -0.05) is 18.2 Å². The predicted octanol–water partition coefficient (Wildman–Crippen LogP) is 4.90. The summed E-state index contributed by atoms with van der Waals surface area (Å²) in [6.07, 6.45) is 2.40. The lowest BCUT2D eigenvalue weighted by Crippen LogP contribution is -2.24. The highest BCUT2D eigenvalue weighted by molar-refractivity contribution is 7.99. The normalized spacial score (nSPS) is 16.2. The third-order valence-corrected chi connectivity index (χ3v) is 5.33. The Morgan fingerprint density at radius 2 is 1.91 bits per heavy atom. The molecule has 22 heavy (non-hydrogen) atoms. The van der Waals surface area contributed by atoms with Crippen LogP contribution in [-0.2, 0) is 0 Å². The quantitative estimate of drug-likeness (QED) is 0.745. The van der Waals surface area contributed by atoms with Crippen LogP contribution < -0.4 is 10.1 Å². The van der Waals surface area contributed by atoms with E-state index in [0.717, 1.165) is 33.4 Å². The van der Waals surface area contributed by atoms with Gasteiger partial charge in [0.05, 0.1) is 12.8 Å². The number of anilines is 1. The van der Waals surface area contributed by atoms with Crippen LogP contribution >= 0.6 is 11.8 Å². The molecule has 1 aliphatic heterocycles. The molecule has 1 saturated heterocycles. The molecular formula is C18H19NO2S. The predicted molar refractivity (Wildman–Crippen MR) is 94.2 cm³/mol. The second-order valence-electron chi connectivity index (χ2n) is 5.68. The average molecular weight is 313 g/mol. The number of fused-ring (bicyclic) bond motifs is 3. The second kappa shape index (κ2) is 5.76. The van der Waals surface area contributed by atoms with Gasteiger partial charge in [0.15, 0.2) is 0 Å². The van der Waals surface area contributed by atoms with Gasteiger partial charge in [-0.2, -0.15) is 11.8 Å². The van der Waals surface area contributed by atoms with E-state index >= 15 is 0 Å². The fourth-order valence-electron chi connectivity index (χ4n) is 3.09. The van der Waals surface area contributed by atoms with Crippen molar-refractivity contribution in [1.29, 1.82) is 0 Å². The summed E-state index contributed by atoms with van der Waals surface area (Å²) in [5.74, 6) is 3.34. The molecule has 1 N–H and O–H groups in total. The minimum atomic E-state index is 0.525. The maximum atomic E-state index is 5.98. The van der Waals surface area contributed by atoms with Crippen LogP contribution in [0.25, 0.3) is 21.9 Å². The number of methoxy groups -OCH3 is 1. The molecule has 2 aromatic carbocycles. The summed E-state index contributed by atoms with van der Waals surface area (Å²) in [7, 11) is 1.73. The van der Waals surface area contributed by atoms with Crippen LogP contribution in [0.5, 0.6) is 5.75 Å². The molecule has 0 radical (unpaired) electrons. The number of rotatable bonds is 3. The van der Waals surface area contributed by atoms with Crippen LogP contribution in [0.3, 0.4) is 0 Å². The van der Waals surface area contributed by atoms with E-state index in [1.54, 1.807) is 7.11 Å². The van der Waals surface area contributed by atoms with Crippen molar-refractivity contribution in [2.24, 2.45) is 0 Å². The summed E-state index contributed by atoms with van der Waals surface area (Å²) in [6, 6.07) is 12.8. The van der Waals surface area contributed by atoms with Crippen LogP contribution in [0.2, 0.25) is 0 Å². The molecule has 2 heterocycles. The number of ether oxygens (including phenoxy) is 1. The monoisotopic (exact) mass is 313 g/mol. The summed E-state index contributed by atoms with van der Waals surface area (Å²) >= 11 is 2.03. The summed E-state index contributed by atoms with van der Waals surface area (Å²) in [5.41, 5.74) is 2.87. The minimum absolute atomic E-state index is 0.525. The van der Waals surface area contributed by atoms with E-state index in [9.17, 15) is 0 Å². The fourth-order valence-corrected chi connectivity index (χ4v) is 4.20. The van der Waals surface area contributed by atoms with Gasteiger partial charge in [-0.25, -0.2) is 0 Å². The zero-order chi connectivity index (χ0) is 14.9. The molecule has 0 aliphatic carbocycles. The van der Waals surface area contributed by atoms with Gasteiger partial charge in [0.2, 0.25) is 0 Å². The van der Waals surface area contributed by atoms with Crippen molar-refractivity contribution in [3.63, 3.8) is 0 Å². The summed E-state index contributed by atoms with van der Waals surface area (Å²) < 4.78 is 11.6. The summed E-state index contributed by atoms with van der Waals surface area (Å²) in [4.78, 5) is 0. The molecule has 1 aromatic heterocycles. The Morgan fingerprint density at radius 3 is 2.73 bits per heavy atom. The Balaban J connectivity index is 1.78. The second-order valence-corrected chi connectivity index (χ2v) is 6.90. The molecule has 1 aliphatic rings. The Kier molecular flexibility index (Phi) is 3.62. The molecule has 114 valence electrons. The lowest BCUT2D eigenvalue weighted by Gasteiger charge is -2.24. The van der Waals surface area contributed by atoms with Crippen LogP contribution in [0.1, 0.15) is 12.8 Å². The van der Waals surface area contributed by atoms with E-state index in [0.29, 0.717) is 6.04 Å². The number of para-hydroxylation sites is 1. The smallest absolute Gasteiger partial charge is 0.142 e. The molecule has 0 saturated carbocycles. The Hall–Kier alpha value is -1.81. The number of hydrogen-bond acceptors (Lipinski definition) is 4. The van der Waals surface area contributed by atoms with E-state index < -0.39 is 0 Å². The number of nitrogens with one attached hydrogen (secondary N) is 1. The standard InChI is InChI=1S/C18H19NO2S/c1-20-18-10-14-13-4-2-3-5-16(13)21-17(14)11-15(18)19-12-6-8-22-9-7-12/h2-5,10-12,19H,6-9H2,1H3. The first kappa shape index (κ1) is 13.8. The van der Waals surface area contributed by atoms with Gasteiger partial charge in [-0.05, 0) is 36.5 Å². The topological polar surface area (TPSA) is 34.4 Å². The highest BCUT2D eigenvalue weighted by atomic mass is 32.2. The molecule has 0 bridgehead atoms. The third kappa shape index (κ3) is 2.41. The van der Waals surface area contributed by atoms with E-state index in [1.165, 1.54) is 24.3 Å². The van der Waals surface area contributed by atoms with Gasteiger partial charge >= 0.3 is 0 Å². The molecule has 0 unspecified atom stereocenters. The van der Waals surface area contributed by atoms with Gasteiger partial charge in [0.1, 0.15) is 16.9 Å². The summed E-state index contributed by atoms with van der Waals surface area (Å²) in [5, 5.41) is 5.88. The van der Waals surface area contributed by atoms with Gasteiger partial charge < -0.3 is 14.5 Å². The van der Waals surface area contributed by atoms with Crippen molar-refractivity contribution in [1.82, 2.24) is 0 Å². The molecule has 0 amide bonds. The Labute approximate surface area is 134 Å². The number of benzene rings is 2. The van der Waals surface area contributed by atoms with Crippen LogP contribution in [0.15, 0.2) is 40.8 Å². The van der Waals surface area contributed by atoms with Crippen LogP contribution in [0.4, 0.5) is 5.69 Å². The Bertz CT molecular complexity index is 805. The molecule has 3 aromatic rings. The molecule has 4 heteroatoms. The van der Waals surface area contributed by atoms with Crippen molar-refractivity contribution in [2.75, 3.05) is 23.9 Å². The van der Waals surface area contributed by atoms with Crippen molar-refractivity contribution < 1.29 is 9.15 Å².